The number of aliphatic hydroxyl groups excluding tert-OH is 1. The number of ether oxygens (including phenoxy) is 1. The second kappa shape index (κ2) is 5.50. The topological polar surface area (TPSA) is 46.5 Å². The summed E-state index contributed by atoms with van der Waals surface area (Å²) in [6.45, 7) is 1.87. The molecule has 96 valence electrons. The minimum Gasteiger partial charge on any atom is -0.469 e. The number of fused-ring (bicyclic) bond motifs is 1. The van der Waals surface area contributed by atoms with Crippen molar-refractivity contribution >= 4 is 27.4 Å². The number of carbonyl (C=O) groups excluding carboxylic acids is 1. The van der Waals surface area contributed by atoms with E-state index in [2.05, 4.69) is 0 Å². The lowest BCUT2D eigenvalue weighted by Crippen LogP contribution is -2.22. The van der Waals surface area contributed by atoms with Gasteiger partial charge in [0.15, 0.2) is 0 Å². The van der Waals surface area contributed by atoms with Gasteiger partial charge in [-0.3, -0.25) is 4.79 Å². The summed E-state index contributed by atoms with van der Waals surface area (Å²) in [5.74, 6) is -0.867. The molecule has 2 unspecified atom stereocenters. The average Bonchev–Trinajstić information content (AvgIpc) is 2.82. The third kappa shape index (κ3) is 2.26. The fraction of sp³-hybridized carbons (Fsp3) is 0.357. The molecule has 0 saturated heterocycles. The van der Waals surface area contributed by atoms with Gasteiger partial charge in [-0.25, -0.2) is 0 Å². The van der Waals surface area contributed by atoms with Crippen molar-refractivity contribution in [1.82, 2.24) is 0 Å². The number of carbonyl (C=O) groups is 1. The lowest BCUT2D eigenvalue weighted by atomic mass is 9.93. The van der Waals surface area contributed by atoms with Gasteiger partial charge in [0.1, 0.15) is 0 Å². The Hall–Kier alpha value is -1.39. The van der Waals surface area contributed by atoms with E-state index in [0.717, 1.165) is 15.6 Å². The first kappa shape index (κ1) is 13.1. The van der Waals surface area contributed by atoms with Crippen molar-refractivity contribution in [3.8, 4) is 0 Å². The van der Waals surface area contributed by atoms with Crippen LogP contribution in [0.2, 0.25) is 0 Å². The number of rotatable bonds is 4. The molecule has 2 aromatic rings. The zero-order valence-corrected chi connectivity index (χ0v) is 11.2. The SMILES string of the molecule is CCC(C(=O)OC)C(O)c1csc2ccccc12. The summed E-state index contributed by atoms with van der Waals surface area (Å²) in [4.78, 5) is 11.6. The molecule has 0 spiro atoms. The number of aliphatic hydroxyl groups is 1. The molecule has 0 fully saturated rings. The molecule has 1 aromatic carbocycles. The third-order valence-electron chi connectivity index (χ3n) is 3.15. The lowest BCUT2D eigenvalue weighted by molar-refractivity contribution is -0.149. The molecule has 0 saturated carbocycles. The first-order chi connectivity index (χ1) is 8.69. The second-order valence-corrected chi connectivity index (χ2v) is 5.08. The van der Waals surface area contributed by atoms with E-state index in [-0.39, 0.29) is 5.97 Å². The highest BCUT2D eigenvalue weighted by Gasteiger charge is 2.28. The molecule has 0 amide bonds. The third-order valence-corrected chi connectivity index (χ3v) is 4.14. The van der Waals surface area contributed by atoms with E-state index < -0.39 is 12.0 Å². The number of thiophene rings is 1. The van der Waals surface area contributed by atoms with Gasteiger partial charge in [-0.05, 0) is 28.8 Å². The maximum absolute atomic E-state index is 11.6. The van der Waals surface area contributed by atoms with E-state index in [9.17, 15) is 9.90 Å². The van der Waals surface area contributed by atoms with Gasteiger partial charge in [-0.15, -0.1) is 11.3 Å². The van der Waals surface area contributed by atoms with Crippen molar-refractivity contribution in [3.63, 3.8) is 0 Å². The van der Waals surface area contributed by atoms with Crippen molar-refractivity contribution in [3.05, 3.63) is 35.2 Å². The van der Waals surface area contributed by atoms with Gasteiger partial charge in [0.2, 0.25) is 0 Å². The number of hydrogen-bond acceptors (Lipinski definition) is 4. The lowest BCUT2D eigenvalue weighted by Gasteiger charge is -2.18. The molecule has 1 heterocycles. The molecule has 4 heteroatoms. The van der Waals surface area contributed by atoms with E-state index >= 15 is 0 Å². The van der Waals surface area contributed by atoms with Gasteiger partial charge in [-0.2, -0.15) is 0 Å². The van der Waals surface area contributed by atoms with E-state index in [4.69, 9.17) is 4.74 Å². The minimum atomic E-state index is -0.807. The van der Waals surface area contributed by atoms with Gasteiger partial charge >= 0.3 is 5.97 Å². The molecule has 18 heavy (non-hydrogen) atoms. The molecule has 0 aliphatic heterocycles. The summed E-state index contributed by atoms with van der Waals surface area (Å²) in [7, 11) is 1.35. The van der Waals surface area contributed by atoms with Crippen molar-refractivity contribution in [2.24, 2.45) is 5.92 Å². The fourth-order valence-corrected chi connectivity index (χ4v) is 3.10. The zero-order chi connectivity index (χ0) is 13.1. The molecule has 2 rings (SSSR count). The Bertz CT molecular complexity index is 547. The highest BCUT2D eigenvalue weighted by atomic mass is 32.1. The van der Waals surface area contributed by atoms with Crippen LogP contribution in [-0.2, 0) is 9.53 Å². The Morgan fingerprint density at radius 2 is 2.17 bits per heavy atom. The Labute approximate surface area is 110 Å². The van der Waals surface area contributed by atoms with Crippen LogP contribution in [0.1, 0.15) is 25.0 Å². The van der Waals surface area contributed by atoms with Crippen molar-refractivity contribution in [2.45, 2.75) is 19.4 Å². The molecular weight excluding hydrogens is 248 g/mol. The van der Waals surface area contributed by atoms with Crippen LogP contribution in [0.5, 0.6) is 0 Å². The predicted octanol–water partition coefficient (Wildman–Crippen LogP) is 3.13. The van der Waals surface area contributed by atoms with E-state index in [1.54, 1.807) is 11.3 Å². The fourth-order valence-electron chi connectivity index (χ4n) is 2.11. The van der Waals surface area contributed by atoms with Crippen LogP contribution in [0.3, 0.4) is 0 Å². The number of hydrogen-bond donors (Lipinski definition) is 1. The minimum absolute atomic E-state index is 0.361. The van der Waals surface area contributed by atoms with E-state index in [0.29, 0.717) is 6.42 Å². The van der Waals surface area contributed by atoms with Gasteiger partial charge in [-0.1, -0.05) is 25.1 Å². The van der Waals surface area contributed by atoms with Gasteiger partial charge in [0.25, 0.3) is 0 Å². The van der Waals surface area contributed by atoms with Crippen LogP contribution in [0.4, 0.5) is 0 Å². The maximum atomic E-state index is 11.6. The van der Waals surface area contributed by atoms with Crippen LogP contribution < -0.4 is 0 Å². The summed E-state index contributed by atoms with van der Waals surface area (Å²) < 4.78 is 5.86. The standard InChI is InChI=1S/C14H16O3S/c1-3-9(14(16)17-2)13(15)11-8-18-12-7-5-4-6-10(11)12/h4-9,13,15H,3H2,1-2H3. The molecule has 1 N–H and O–H groups in total. The molecule has 0 radical (unpaired) electrons. The highest BCUT2D eigenvalue weighted by Crippen LogP contribution is 2.34. The zero-order valence-electron chi connectivity index (χ0n) is 10.4. The van der Waals surface area contributed by atoms with Crippen LogP contribution in [-0.4, -0.2) is 18.2 Å². The number of methoxy groups -OCH3 is 1. The molecule has 0 aliphatic rings. The highest BCUT2D eigenvalue weighted by molar-refractivity contribution is 7.17. The summed E-state index contributed by atoms with van der Waals surface area (Å²) >= 11 is 1.58. The maximum Gasteiger partial charge on any atom is 0.311 e. The number of benzene rings is 1. The molecule has 0 bridgehead atoms. The smallest absolute Gasteiger partial charge is 0.311 e. The first-order valence-electron chi connectivity index (χ1n) is 5.91. The normalized spacial score (nSPS) is 14.4. The van der Waals surface area contributed by atoms with Gasteiger partial charge < -0.3 is 9.84 Å². The van der Waals surface area contributed by atoms with Crippen molar-refractivity contribution in [1.29, 1.82) is 0 Å². The summed E-state index contributed by atoms with van der Waals surface area (Å²) in [6, 6.07) is 7.88. The van der Waals surface area contributed by atoms with Crippen molar-refractivity contribution < 1.29 is 14.6 Å². The Morgan fingerprint density at radius 3 is 2.83 bits per heavy atom. The Balaban J connectivity index is 2.38. The Morgan fingerprint density at radius 1 is 1.44 bits per heavy atom. The Kier molecular flexibility index (Phi) is 3.99. The molecule has 1 aromatic heterocycles. The molecule has 0 aliphatic carbocycles. The second-order valence-electron chi connectivity index (χ2n) is 4.17. The van der Waals surface area contributed by atoms with Crippen LogP contribution >= 0.6 is 11.3 Å². The first-order valence-corrected chi connectivity index (χ1v) is 6.79. The molecule has 2 atom stereocenters. The van der Waals surface area contributed by atoms with Crippen LogP contribution in [0, 0.1) is 5.92 Å². The average molecular weight is 264 g/mol. The predicted molar refractivity (Wildman–Crippen MR) is 72.6 cm³/mol. The van der Waals surface area contributed by atoms with Crippen LogP contribution in [0.25, 0.3) is 10.1 Å². The van der Waals surface area contributed by atoms with Crippen molar-refractivity contribution in [2.75, 3.05) is 7.11 Å². The van der Waals surface area contributed by atoms with Crippen LogP contribution in [0.15, 0.2) is 29.6 Å². The summed E-state index contributed by atoms with van der Waals surface area (Å²) in [5.41, 5.74) is 0.813. The van der Waals surface area contributed by atoms with Gasteiger partial charge in [0, 0.05) is 4.70 Å². The number of esters is 1. The summed E-state index contributed by atoms with van der Waals surface area (Å²) in [5, 5.41) is 13.3. The molecule has 3 nitrogen and oxygen atoms in total. The summed E-state index contributed by atoms with van der Waals surface area (Å²) in [6.07, 6.45) is -0.253. The van der Waals surface area contributed by atoms with E-state index in [1.807, 2.05) is 36.6 Å². The molecular formula is C14H16O3S. The quantitative estimate of drug-likeness (QED) is 0.863. The van der Waals surface area contributed by atoms with Gasteiger partial charge in [0.05, 0.1) is 19.1 Å². The monoisotopic (exact) mass is 264 g/mol. The van der Waals surface area contributed by atoms with E-state index in [1.165, 1.54) is 7.11 Å². The largest absolute Gasteiger partial charge is 0.469 e.